The fourth-order valence-electron chi connectivity index (χ4n) is 2.36. The van der Waals surface area contributed by atoms with E-state index in [9.17, 15) is 8.78 Å². The normalized spacial score (nSPS) is 21.8. The van der Waals surface area contributed by atoms with Crippen LogP contribution in [0.15, 0.2) is 18.2 Å². The lowest BCUT2D eigenvalue weighted by atomic mass is 9.93. The first-order chi connectivity index (χ1) is 7.74. The number of benzene rings is 1. The van der Waals surface area contributed by atoms with Gasteiger partial charge in [0.2, 0.25) is 0 Å². The van der Waals surface area contributed by atoms with Crippen LogP contribution in [0.1, 0.15) is 24.8 Å². The van der Waals surface area contributed by atoms with Crippen molar-refractivity contribution in [1.29, 1.82) is 0 Å². The maximum atomic E-state index is 13.0. The zero-order valence-electron chi connectivity index (χ0n) is 9.31. The van der Waals surface area contributed by atoms with E-state index in [-0.39, 0.29) is 0 Å². The first-order valence-electron chi connectivity index (χ1n) is 5.90. The Bertz CT molecular complexity index is 324. The van der Waals surface area contributed by atoms with Crippen LogP contribution in [0, 0.1) is 17.6 Å². The van der Waals surface area contributed by atoms with E-state index in [0.29, 0.717) is 5.92 Å². The van der Waals surface area contributed by atoms with Crippen molar-refractivity contribution in [3.05, 3.63) is 35.4 Å². The molecule has 1 heterocycles. The van der Waals surface area contributed by atoms with Gasteiger partial charge in [-0.25, -0.2) is 8.78 Å². The van der Waals surface area contributed by atoms with Gasteiger partial charge in [-0.1, -0.05) is 0 Å². The molecule has 1 saturated heterocycles. The molecule has 0 aliphatic carbocycles. The molecule has 0 saturated carbocycles. The summed E-state index contributed by atoms with van der Waals surface area (Å²) in [5, 5.41) is 3.34. The third-order valence-corrected chi connectivity index (χ3v) is 3.14. The van der Waals surface area contributed by atoms with Gasteiger partial charge in [-0.15, -0.1) is 0 Å². The Morgan fingerprint density at radius 2 is 1.81 bits per heavy atom. The van der Waals surface area contributed by atoms with Crippen LogP contribution in [0.25, 0.3) is 0 Å². The van der Waals surface area contributed by atoms with Gasteiger partial charge in [0.05, 0.1) is 0 Å². The van der Waals surface area contributed by atoms with E-state index in [1.54, 1.807) is 0 Å². The molecule has 0 spiro atoms. The summed E-state index contributed by atoms with van der Waals surface area (Å²) < 4.78 is 26.0. The first kappa shape index (κ1) is 11.5. The highest BCUT2D eigenvalue weighted by Gasteiger charge is 2.13. The van der Waals surface area contributed by atoms with Gasteiger partial charge in [0, 0.05) is 6.07 Å². The lowest BCUT2D eigenvalue weighted by molar-refractivity contribution is 0.466. The second kappa shape index (κ2) is 5.39. The molecular formula is C13H17F2N. The Hall–Kier alpha value is -0.960. The number of hydrogen-bond acceptors (Lipinski definition) is 1. The predicted octanol–water partition coefficient (Wildman–Crippen LogP) is 2.90. The smallest absolute Gasteiger partial charge is 0.126 e. The highest BCUT2D eigenvalue weighted by atomic mass is 19.1. The molecule has 0 bridgehead atoms. The standard InChI is InChI=1S/C13H17F2N/c14-12-7-11(8-13(15)9-12)6-10-2-1-4-16-5-3-10/h7-10,16H,1-6H2. The van der Waals surface area contributed by atoms with Crippen molar-refractivity contribution in [3.63, 3.8) is 0 Å². The summed E-state index contributed by atoms with van der Waals surface area (Å²) in [6.07, 6.45) is 4.18. The number of rotatable bonds is 2. The molecule has 0 amide bonds. The average Bonchev–Trinajstić information content (AvgIpc) is 2.44. The molecule has 3 heteroatoms. The van der Waals surface area contributed by atoms with Gasteiger partial charge in [0.25, 0.3) is 0 Å². The number of halogens is 2. The molecule has 1 aliphatic heterocycles. The lowest BCUT2D eigenvalue weighted by Crippen LogP contribution is -2.14. The van der Waals surface area contributed by atoms with Gasteiger partial charge in [-0.2, -0.15) is 0 Å². The molecular weight excluding hydrogens is 208 g/mol. The van der Waals surface area contributed by atoms with Crippen LogP contribution in [0.4, 0.5) is 8.78 Å². The molecule has 0 radical (unpaired) electrons. The minimum atomic E-state index is -0.471. The predicted molar refractivity (Wildman–Crippen MR) is 60.3 cm³/mol. The van der Waals surface area contributed by atoms with Crippen molar-refractivity contribution >= 4 is 0 Å². The van der Waals surface area contributed by atoms with Gasteiger partial charge in [-0.05, 0) is 62.4 Å². The zero-order chi connectivity index (χ0) is 11.4. The molecule has 1 fully saturated rings. The third-order valence-electron chi connectivity index (χ3n) is 3.14. The molecule has 1 unspecified atom stereocenters. The van der Waals surface area contributed by atoms with Crippen LogP contribution in [0.5, 0.6) is 0 Å². The zero-order valence-corrected chi connectivity index (χ0v) is 9.31. The maximum absolute atomic E-state index is 13.0. The topological polar surface area (TPSA) is 12.0 Å². The van der Waals surface area contributed by atoms with Crippen LogP contribution in [0.2, 0.25) is 0 Å². The van der Waals surface area contributed by atoms with Gasteiger partial charge in [0.1, 0.15) is 11.6 Å². The number of hydrogen-bond donors (Lipinski definition) is 1. The molecule has 1 aliphatic rings. The fraction of sp³-hybridized carbons (Fsp3) is 0.538. The Morgan fingerprint density at radius 1 is 1.06 bits per heavy atom. The van der Waals surface area contributed by atoms with Crippen molar-refractivity contribution in [2.24, 2.45) is 5.92 Å². The Labute approximate surface area is 94.9 Å². The first-order valence-corrected chi connectivity index (χ1v) is 5.90. The summed E-state index contributed by atoms with van der Waals surface area (Å²) in [6.45, 7) is 2.08. The lowest BCUT2D eigenvalue weighted by Gasteiger charge is -2.13. The summed E-state index contributed by atoms with van der Waals surface area (Å²) in [6, 6.07) is 3.82. The van der Waals surface area contributed by atoms with E-state index in [1.807, 2.05) is 0 Å². The van der Waals surface area contributed by atoms with E-state index < -0.39 is 11.6 Å². The van der Waals surface area contributed by atoms with E-state index >= 15 is 0 Å². The number of nitrogens with one attached hydrogen (secondary N) is 1. The summed E-state index contributed by atoms with van der Waals surface area (Å²) in [4.78, 5) is 0. The van der Waals surface area contributed by atoms with E-state index in [1.165, 1.54) is 12.1 Å². The van der Waals surface area contributed by atoms with E-state index in [0.717, 1.165) is 50.4 Å². The average molecular weight is 225 g/mol. The van der Waals surface area contributed by atoms with Crippen molar-refractivity contribution in [1.82, 2.24) is 5.32 Å². The molecule has 16 heavy (non-hydrogen) atoms. The molecule has 0 aromatic heterocycles. The summed E-state index contributed by atoms with van der Waals surface area (Å²) in [5.41, 5.74) is 0.782. The van der Waals surface area contributed by atoms with Gasteiger partial charge in [0.15, 0.2) is 0 Å². The van der Waals surface area contributed by atoms with Crippen molar-refractivity contribution in [3.8, 4) is 0 Å². The second-order valence-electron chi connectivity index (χ2n) is 4.53. The van der Waals surface area contributed by atoms with Crippen molar-refractivity contribution < 1.29 is 8.78 Å². The summed E-state index contributed by atoms with van der Waals surface area (Å²) >= 11 is 0. The summed E-state index contributed by atoms with van der Waals surface area (Å²) in [5.74, 6) is -0.389. The highest BCUT2D eigenvalue weighted by Crippen LogP contribution is 2.20. The van der Waals surface area contributed by atoms with Crippen LogP contribution in [-0.2, 0) is 6.42 Å². The van der Waals surface area contributed by atoms with Crippen LogP contribution < -0.4 is 5.32 Å². The Kier molecular flexibility index (Phi) is 3.88. The van der Waals surface area contributed by atoms with E-state index in [2.05, 4.69) is 5.32 Å². The highest BCUT2D eigenvalue weighted by molar-refractivity contribution is 5.18. The molecule has 1 aromatic carbocycles. The third kappa shape index (κ3) is 3.27. The van der Waals surface area contributed by atoms with Gasteiger partial charge < -0.3 is 5.32 Å². The minimum absolute atomic E-state index is 0.471. The van der Waals surface area contributed by atoms with Crippen LogP contribution in [-0.4, -0.2) is 13.1 Å². The molecule has 1 N–H and O–H groups in total. The molecule has 1 atom stereocenters. The van der Waals surface area contributed by atoms with Crippen LogP contribution in [0.3, 0.4) is 0 Å². The molecule has 1 nitrogen and oxygen atoms in total. The Balaban J connectivity index is 2.01. The van der Waals surface area contributed by atoms with Crippen molar-refractivity contribution in [2.45, 2.75) is 25.7 Å². The second-order valence-corrected chi connectivity index (χ2v) is 4.53. The summed E-state index contributed by atoms with van der Waals surface area (Å²) in [7, 11) is 0. The van der Waals surface area contributed by atoms with Gasteiger partial charge in [-0.3, -0.25) is 0 Å². The molecule has 88 valence electrons. The van der Waals surface area contributed by atoms with E-state index in [4.69, 9.17) is 0 Å². The van der Waals surface area contributed by atoms with Crippen LogP contribution >= 0.6 is 0 Å². The fourth-order valence-corrected chi connectivity index (χ4v) is 2.36. The quantitative estimate of drug-likeness (QED) is 0.816. The molecule has 1 aromatic rings. The maximum Gasteiger partial charge on any atom is 0.126 e. The Morgan fingerprint density at radius 3 is 2.56 bits per heavy atom. The largest absolute Gasteiger partial charge is 0.317 e. The minimum Gasteiger partial charge on any atom is -0.317 e. The van der Waals surface area contributed by atoms with Crippen molar-refractivity contribution in [2.75, 3.05) is 13.1 Å². The van der Waals surface area contributed by atoms with Gasteiger partial charge >= 0.3 is 0 Å². The molecule has 2 rings (SSSR count). The SMILES string of the molecule is Fc1cc(F)cc(CC2CCCNCC2)c1. The monoisotopic (exact) mass is 225 g/mol.